The normalized spacial score (nSPS) is 10.8. The Morgan fingerprint density at radius 3 is 2.65 bits per heavy atom. The number of hydrogen-bond acceptors (Lipinski definition) is 4. The summed E-state index contributed by atoms with van der Waals surface area (Å²) in [7, 11) is 0. The number of nitrogens with zero attached hydrogens (tertiary/aromatic N) is 3. The van der Waals surface area contributed by atoms with Crippen LogP contribution >= 0.6 is 11.6 Å². The second kappa shape index (κ2) is 7.49. The molecule has 0 radical (unpaired) electrons. The third-order valence-corrected chi connectivity index (χ3v) is 3.61. The summed E-state index contributed by atoms with van der Waals surface area (Å²) in [5.41, 5.74) is 0.986. The van der Waals surface area contributed by atoms with Crippen LogP contribution in [0.1, 0.15) is 16.4 Å². The van der Waals surface area contributed by atoms with Gasteiger partial charge in [0, 0.05) is 16.8 Å². The van der Waals surface area contributed by atoms with Gasteiger partial charge in [0.05, 0.1) is 5.69 Å². The summed E-state index contributed by atoms with van der Waals surface area (Å²) >= 11 is 5.86. The van der Waals surface area contributed by atoms with E-state index in [1.54, 1.807) is 37.3 Å². The summed E-state index contributed by atoms with van der Waals surface area (Å²) < 4.78 is 30.3. The molecule has 0 saturated heterocycles. The van der Waals surface area contributed by atoms with Crippen LogP contribution in [0.25, 0.3) is 5.69 Å². The Bertz CT molecular complexity index is 929. The van der Waals surface area contributed by atoms with Crippen LogP contribution in [0.15, 0.2) is 48.5 Å². The summed E-state index contributed by atoms with van der Waals surface area (Å²) in [6, 6.07) is 12.6. The fraction of sp³-hybridized carbons (Fsp3) is 0.118. The average Bonchev–Trinajstić information content (AvgIpc) is 2.97. The molecule has 9 heteroatoms. The van der Waals surface area contributed by atoms with Crippen LogP contribution in [0, 0.1) is 6.92 Å². The second-order valence-corrected chi connectivity index (χ2v) is 5.67. The summed E-state index contributed by atoms with van der Waals surface area (Å²) in [4.78, 5) is 16.5. The molecule has 1 aromatic heterocycles. The van der Waals surface area contributed by atoms with Gasteiger partial charge in [-0.25, -0.2) is 9.67 Å². The first-order chi connectivity index (χ1) is 12.4. The Morgan fingerprint density at radius 1 is 1.23 bits per heavy atom. The van der Waals surface area contributed by atoms with E-state index in [1.807, 2.05) is 0 Å². The van der Waals surface area contributed by atoms with E-state index in [0.717, 1.165) is 0 Å². The van der Waals surface area contributed by atoms with E-state index in [1.165, 1.54) is 22.9 Å². The fourth-order valence-electron chi connectivity index (χ4n) is 2.25. The Morgan fingerprint density at radius 2 is 1.96 bits per heavy atom. The van der Waals surface area contributed by atoms with Crippen LogP contribution in [0.3, 0.4) is 0 Å². The molecule has 1 amide bonds. The molecule has 0 fully saturated rings. The second-order valence-electron chi connectivity index (χ2n) is 5.23. The van der Waals surface area contributed by atoms with Crippen molar-refractivity contribution in [3.63, 3.8) is 0 Å². The van der Waals surface area contributed by atoms with Crippen LogP contribution in [0.4, 0.5) is 14.5 Å². The molecule has 2 aromatic carbocycles. The quantitative estimate of drug-likeness (QED) is 0.726. The number of halogens is 3. The topological polar surface area (TPSA) is 69.0 Å². The van der Waals surface area contributed by atoms with Crippen LogP contribution in [-0.2, 0) is 0 Å². The number of carbonyl (C=O) groups excluding carboxylic acids is 1. The number of alkyl halides is 2. The smallest absolute Gasteiger partial charge is 0.387 e. The van der Waals surface area contributed by atoms with Crippen LogP contribution in [0.2, 0.25) is 5.02 Å². The van der Waals surface area contributed by atoms with Gasteiger partial charge in [-0.1, -0.05) is 17.7 Å². The highest BCUT2D eigenvalue weighted by molar-refractivity contribution is 6.30. The highest BCUT2D eigenvalue weighted by Crippen LogP contribution is 2.20. The van der Waals surface area contributed by atoms with Crippen molar-refractivity contribution >= 4 is 23.2 Å². The molecule has 3 aromatic rings. The van der Waals surface area contributed by atoms with E-state index >= 15 is 0 Å². The van der Waals surface area contributed by atoms with Crippen molar-refractivity contribution in [2.24, 2.45) is 0 Å². The highest BCUT2D eigenvalue weighted by atomic mass is 35.5. The molecular weight excluding hydrogens is 366 g/mol. The van der Waals surface area contributed by atoms with Crippen molar-refractivity contribution in [1.82, 2.24) is 14.8 Å². The molecule has 0 aliphatic carbocycles. The lowest BCUT2D eigenvalue weighted by molar-refractivity contribution is -0.0497. The zero-order valence-corrected chi connectivity index (χ0v) is 14.2. The maximum Gasteiger partial charge on any atom is 0.387 e. The number of carbonyl (C=O) groups is 1. The lowest BCUT2D eigenvalue weighted by Gasteiger charge is -2.07. The molecule has 6 nitrogen and oxygen atoms in total. The van der Waals surface area contributed by atoms with Crippen molar-refractivity contribution in [3.8, 4) is 11.4 Å². The lowest BCUT2D eigenvalue weighted by atomic mass is 10.3. The van der Waals surface area contributed by atoms with E-state index < -0.39 is 12.5 Å². The van der Waals surface area contributed by atoms with Gasteiger partial charge in [-0.15, -0.1) is 5.10 Å². The minimum Gasteiger partial charge on any atom is -0.435 e. The molecule has 1 N–H and O–H groups in total. The van der Waals surface area contributed by atoms with Gasteiger partial charge in [0.15, 0.2) is 0 Å². The Balaban J connectivity index is 1.79. The van der Waals surface area contributed by atoms with Gasteiger partial charge in [-0.3, -0.25) is 4.79 Å². The molecule has 0 unspecified atom stereocenters. The van der Waals surface area contributed by atoms with Crippen molar-refractivity contribution in [2.45, 2.75) is 13.5 Å². The van der Waals surface area contributed by atoms with Gasteiger partial charge in [-0.05, 0) is 43.3 Å². The van der Waals surface area contributed by atoms with Gasteiger partial charge >= 0.3 is 6.61 Å². The van der Waals surface area contributed by atoms with Gasteiger partial charge in [0.25, 0.3) is 5.91 Å². The Labute approximate surface area is 152 Å². The molecule has 1 heterocycles. The monoisotopic (exact) mass is 378 g/mol. The van der Waals surface area contributed by atoms with Crippen molar-refractivity contribution in [2.75, 3.05) is 5.32 Å². The minimum atomic E-state index is -2.94. The minimum absolute atomic E-state index is 0.0577. The van der Waals surface area contributed by atoms with Gasteiger partial charge < -0.3 is 10.1 Å². The van der Waals surface area contributed by atoms with E-state index in [0.29, 0.717) is 16.5 Å². The van der Waals surface area contributed by atoms with Crippen molar-refractivity contribution < 1.29 is 18.3 Å². The van der Waals surface area contributed by atoms with Gasteiger partial charge in [0.1, 0.15) is 11.6 Å². The SMILES string of the molecule is Cc1nc(C(=O)Nc2cccc(OC(F)F)c2)nn1-c1ccc(Cl)cc1. The predicted octanol–water partition coefficient (Wildman–Crippen LogP) is 4.08. The Hall–Kier alpha value is -3.00. The van der Waals surface area contributed by atoms with E-state index in [9.17, 15) is 13.6 Å². The number of benzene rings is 2. The molecule has 26 heavy (non-hydrogen) atoms. The maximum atomic E-state index is 12.3. The van der Waals surface area contributed by atoms with Crippen molar-refractivity contribution in [3.05, 3.63) is 65.2 Å². The third kappa shape index (κ3) is 4.15. The number of aromatic nitrogens is 3. The number of amides is 1. The molecule has 0 saturated carbocycles. The average molecular weight is 379 g/mol. The third-order valence-electron chi connectivity index (χ3n) is 3.36. The first kappa shape index (κ1) is 17.8. The zero-order chi connectivity index (χ0) is 18.7. The van der Waals surface area contributed by atoms with Crippen molar-refractivity contribution in [1.29, 1.82) is 0 Å². The molecule has 0 spiro atoms. The first-order valence-electron chi connectivity index (χ1n) is 7.48. The van der Waals surface area contributed by atoms with E-state index in [4.69, 9.17) is 11.6 Å². The van der Waals surface area contributed by atoms with E-state index in [-0.39, 0.29) is 17.3 Å². The molecule has 134 valence electrons. The first-order valence-corrected chi connectivity index (χ1v) is 7.86. The maximum absolute atomic E-state index is 12.3. The number of hydrogen-bond donors (Lipinski definition) is 1. The summed E-state index contributed by atoms with van der Waals surface area (Å²) in [5, 5.41) is 7.30. The zero-order valence-electron chi connectivity index (χ0n) is 13.5. The van der Waals surface area contributed by atoms with Gasteiger partial charge in [-0.2, -0.15) is 8.78 Å². The fourth-order valence-corrected chi connectivity index (χ4v) is 2.38. The molecular formula is C17H13ClF2N4O2. The van der Waals surface area contributed by atoms with Gasteiger partial charge in [0.2, 0.25) is 5.82 Å². The summed E-state index contributed by atoms with van der Waals surface area (Å²) in [5.74, 6) is -0.187. The molecule has 0 bridgehead atoms. The number of rotatable bonds is 5. The number of anilines is 1. The summed E-state index contributed by atoms with van der Waals surface area (Å²) in [6.45, 7) is -1.24. The van der Waals surface area contributed by atoms with E-state index in [2.05, 4.69) is 20.1 Å². The van der Waals surface area contributed by atoms with Crippen LogP contribution in [-0.4, -0.2) is 27.3 Å². The number of ether oxygens (including phenoxy) is 1. The largest absolute Gasteiger partial charge is 0.435 e. The molecule has 0 atom stereocenters. The predicted molar refractivity (Wildman–Crippen MR) is 92.1 cm³/mol. The van der Waals surface area contributed by atoms with Crippen LogP contribution < -0.4 is 10.1 Å². The van der Waals surface area contributed by atoms with Crippen LogP contribution in [0.5, 0.6) is 5.75 Å². The number of aryl methyl sites for hydroxylation is 1. The Kier molecular flexibility index (Phi) is 5.13. The standard InChI is InChI=1S/C17H13ClF2N4O2/c1-10-21-15(23-24(10)13-7-5-11(18)6-8-13)16(25)22-12-3-2-4-14(9-12)26-17(19)20/h2-9,17H,1H3,(H,22,25). The number of nitrogens with one attached hydrogen (secondary N) is 1. The molecule has 0 aliphatic rings. The lowest BCUT2D eigenvalue weighted by Crippen LogP contribution is -2.14. The molecule has 3 rings (SSSR count). The molecule has 0 aliphatic heterocycles. The highest BCUT2D eigenvalue weighted by Gasteiger charge is 2.16. The summed E-state index contributed by atoms with van der Waals surface area (Å²) in [6.07, 6.45) is 0.